The lowest BCUT2D eigenvalue weighted by molar-refractivity contribution is 0.372. The molecule has 0 saturated heterocycles. The second-order valence-corrected chi connectivity index (χ2v) is 5.59. The van der Waals surface area contributed by atoms with E-state index in [1.54, 1.807) is 24.3 Å². The topological polar surface area (TPSA) is 47.9 Å². The van der Waals surface area contributed by atoms with Gasteiger partial charge in [-0.2, -0.15) is 0 Å². The zero-order valence-electron chi connectivity index (χ0n) is 12.2. The van der Waals surface area contributed by atoms with Crippen molar-refractivity contribution in [3.63, 3.8) is 0 Å². The quantitative estimate of drug-likeness (QED) is 0.636. The minimum Gasteiger partial charge on any atom is -0.504 e. The van der Waals surface area contributed by atoms with E-state index in [4.69, 9.17) is 13.6 Å². The van der Waals surface area contributed by atoms with Gasteiger partial charge >= 0.3 is 8.60 Å². The third-order valence-corrected chi connectivity index (χ3v) is 3.95. The highest BCUT2D eigenvalue weighted by molar-refractivity contribution is 7.43. The van der Waals surface area contributed by atoms with Crippen LogP contribution in [0.5, 0.6) is 23.0 Å². The number of hydrogen-bond acceptors (Lipinski definition) is 4. The van der Waals surface area contributed by atoms with E-state index < -0.39 is 8.60 Å². The molecule has 0 aromatic heterocycles. The third kappa shape index (κ3) is 4.38. The predicted molar refractivity (Wildman–Crippen MR) is 89.8 cm³/mol. The average molecular weight is 326 g/mol. The zero-order chi connectivity index (χ0) is 15.9. The Morgan fingerprint density at radius 3 is 1.57 bits per heavy atom. The number of phenols is 1. The molecule has 23 heavy (non-hydrogen) atoms. The van der Waals surface area contributed by atoms with Gasteiger partial charge in [0.1, 0.15) is 11.5 Å². The summed E-state index contributed by atoms with van der Waals surface area (Å²) >= 11 is 0. The number of aromatic hydroxyl groups is 1. The fourth-order valence-electron chi connectivity index (χ4n) is 1.81. The van der Waals surface area contributed by atoms with Crippen LogP contribution in [0.3, 0.4) is 0 Å². The van der Waals surface area contributed by atoms with Crippen LogP contribution >= 0.6 is 8.60 Å². The molecule has 5 heteroatoms. The molecule has 0 saturated carbocycles. The van der Waals surface area contributed by atoms with Crippen LogP contribution in [-0.4, -0.2) is 5.11 Å². The maximum Gasteiger partial charge on any atom is 0.530 e. The van der Waals surface area contributed by atoms with Crippen molar-refractivity contribution in [3.8, 4) is 23.0 Å². The molecule has 3 rings (SSSR count). The molecule has 0 bridgehead atoms. The van der Waals surface area contributed by atoms with Crippen LogP contribution in [0.4, 0.5) is 0 Å². The van der Waals surface area contributed by atoms with Gasteiger partial charge in [0, 0.05) is 0 Å². The maximum atomic E-state index is 9.87. The Hall–Kier alpha value is -2.71. The van der Waals surface area contributed by atoms with Crippen molar-refractivity contribution >= 4 is 8.60 Å². The maximum absolute atomic E-state index is 9.87. The molecule has 0 aliphatic heterocycles. The minimum absolute atomic E-state index is 0.0355. The van der Waals surface area contributed by atoms with E-state index in [1.165, 1.54) is 0 Å². The van der Waals surface area contributed by atoms with E-state index in [2.05, 4.69) is 0 Å². The van der Waals surface area contributed by atoms with E-state index in [1.807, 2.05) is 60.7 Å². The molecule has 0 unspecified atom stereocenters. The van der Waals surface area contributed by atoms with Gasteiger partial charge in [0.05, 0.1) is 0 Å². The summed E-state index contributed by atoms with van der Waals surface area (Å²) in [6.07, 6.45) is 0. The average Bonchev–Trinajstić information content (AvgIpc) is 2.59. The Morgan fingerprint density at radius 2 is 1.04 bits per heavy atom. The molecule has 0 spiro atoms. The number of rotatable bonds is 6. The van der Waals surface area contributed by atoms with Crippen molar-refractivity contribution in [1.82, 2.24) is 0 Å². The molecule has 4 nitrogen and oxygen atoms in total. The first kappa shape index (κ1) is 15.2. The molecule has 116 valence electrons. The summed E-state index contributed by atoms with van der Waals surface area (Å²) in [7, 11) is -1.77. The molecular formula is C18H15O4P. The smallest absolute Gasteiger partial charge is 0.504 e. The summed E-state index contributed by atoms with van der Waals surface area (Å²) in [5.74, 6) is 1.61. The summed E-state index contributed by atoms with van der Waals surface area (Å²) < 4.78 is 17.3. The van der Waals surface area contributed by atoms with Gasteiger partial charge in [-0.3, -0.25) is 0 Å². The fraction of sp³-hybridized carbons (Fsp3) is 0. The minimum atomic E-state index is -1.77. The van der Waals surface area contributed by atoms with Crippen molar-refractivity contribution in [2.45, 2.75) is 0 Å². The fourth-order valence-corrected chi connectivity index (χ4v) is 2.82. The summed E-state index contributed by atoms with van der Waals surface area (Å²) in [6.45, 7) is 0. The van der Waals surface area contributed by atoms with Crippen molar-refractivity contribution < 1.29 is 18.7 Å². The van der Waals surface area contributed by atoms with Crippen molar-refractivity contribution in [2.75, 3.05) is 0 Å². The summed E-state index contributed by atoms with van der Waals surface area (Å²) in [5, 5.41) is 9.87. The van der Waals surface area contributed by atoms with Crippen LogP contribution in [-0.2, 0) is 0 Å². The van der Waals surface area contributed by atoms with Crippen LogP contribution in [0.2, 0.25) is 0 Å². The molecule has 1 N–H and O–H groups in total. The standard InChI is InChI=1S/C18H15O4P/c19-17-13-7-8-14-18(17)22-23(20-15-9-3-1-4-10-15)21-16-11-5-2-6-12-16/h1-14,19H. The Kier molecular flexibility index (Phi) is 4.97. The van der Waals surface area contributed by atoms with E-state index >= 15 is 0 Å². The molecular weight excluding hydrogens is 311 g/mol. The lowest BCUT2D eigenvalue weighted by atomic mass is 10.3. The van der Waals surface area contributed by atoms with Gasteiger partial charge in [0.15, 0.2) is 11.5 Å². The van der Waals surface area contributed by atoms with Gasteiger partial charge in [-0.25, -0.2) is 0 Å². The van der Waals surface area contributed by atoms with Gasteiger partial charge in [-0.1, -0.05) is 48.5 Å². The highest BCUT2D eigenvalue weighted by atomic mass is 31.2. The summed E-state index contributed by atoms with van der Waals surface area (Å²) in [5.41, 5.74) is 0. The number of hydrogen-bond donors (Lipinski definition) is 1. The van der Waals surface area contributed by atoms with Crippen LogP contribution in [0.1, 0.15) is 0 Å². The Labute approximate surface area is 135 Å². The molecule has 0 fully saturated rings. The second kappa shape index (κ2) is 7.52. The Morgan fingerprint density at radius 1 is 0.565 bits per heavy atom. The van der Waals surface area contributed by atoms with E-state index in [0.717, 1.165) is 0 Å². The van der Waals surface area contributed by atoms with Crippen LogP contribution in [0.15, 0.2) is 84.9 Å². The molecule has 0 aliphatic rings. The van der Waals surface area contributed by atoms with Gasteiger partial charge in [-0.05, 0) is 36.4 Å². The van der Waals surface area contributed by atoms with Crippen molar-refractivity contribution in [2.24, 2.45) is 0 Å². The van der Waals surface area contributed by atoms with E-state index in [-0.39, 0.29) is 5.75 Å². The molecule has 0 aliphatic carbocycles. The van der Waals surface area contributed by atoms with Gasteiger partial charge < -0.3 is 18.7 Å². The largest absolute Gasteiger partial charge is 0.530 e. The Bertz CT molecular complexity index is 693. The summed E-state index contributed by atoms with van der Waals surface area (Å²) in [6, 6.07) is 25.2. The number of para-hydroxylation sites is 4. The lowest BCUT2D eigenvalue weighted by Crippen LogP contribution is -2.02. The Balaban J connectivity index is 1.79. The van der Waals surface area contributed by atoms with Gasteiger partial charge in [-0.15, -0.1) is 0 Å². The van der Waals surface area contributed by atoms with Crippen LogP contribution < -0.4 is 13.6 Å². The first-order valence-electron chi connectivity index (χ1n) is 7.03. The zero-order valence-corrected chi connectivity index (χ0v) is 13.1. The summed E-state index contributed by atoms with van der Waals surface area (Å²) in [4.78, 5) is 0. The second-order valence-electron chi connectivity index (χ2n) is 4.59. The molecule has 0 amide bonds. The highest BCUT2D eigenvalue weighted by Crippen LogP contribution is 2.44. The van der Waals surface area contributed by atoms with E-state index in [9.17, 15) is 5.11 Å². The van der Waals surface area contributed by atoms with Crippen LogP contribution in [0, 0.1) is 0 Å². The van der Waals surface area contributed by atoms with Gasteiger partial charge in [0.2, 0.25) is 0 Å². The lowest BCUT2D eigenvalue weighted by Gasteiger charge is -2.18. The monoisotopic (exact) mass is 326 g/mol. The number of phenolic OH excluding ortho intramolecular Hbond substituents is 1. The molecule has 0 heterocycles. The first-order valence-corrected chi connectivity index (χ1v) is 8.13. The molecule has 3 aromatic carbocycles. The van der Waals surface area contributed by atoms with Crippen LogP contribution in [0.25, 0.3) is 0 Å². The van der Waals surface area contributed by atoms with Crippen molar-refractivity contribution in [3.05, 3.63) is 84.9 Å². The normalized spacial score (nSPS) is 10.3. The third-order valence-electron chi connectivity index (χ3n) is 2.88. The first-order chi connectivity index (χ1) is 11.3. The predicted octanol–water partition coefficient (Wildman–Crippen LogP) is 5.16. The molecule has 0 radical (unpaired) electrons. The van der Waals surface area contributed by atoms with Crippen molar-refractivity contribution in [1.29, 1.82) is 0 Å². The van der Waals surface area contributed by atoms with E-state index in [0.29, 0.717) is 17.2 Å². The molecule has 3 aromatic rings. The SMILES string of the molecule is Oc1ccccc1OP(Oc1ccccc1)Oc1ccccc1. The number of benzene rings is 3. The highest BCUT2D eigenvalue weighted by Gasteiger charge is 2.21. The molecule has 0 atom stereocenters. The van der Waals surface area contributed by atoms with Gasteiger partial charge in [0.25, 0.3) is 0 Å².